The Kier molecular flexibility index (Phi) is 4.99. The van der Waals surface area contributed by atoms with Gasteiger partial charge < -0.3 is 4.74 Å². The maximum Gasteiger partial charge on any atom is 0.282 e. The Hall–Kier alpha value is -2.95. The van der Waals surface area contributed by atoms with E-state index in [1.165, 1.54) is 5.06 Å². The number of nitrogens with zero attached hydrogens (tertiary/aromatic N) is 1. The molecule has 0 radical (unpaired) electrons. The predicted octanol–water partition coefficient (Wildman–Crippen LogP) is 4.66. The predicted molar refractivity (Wildman–Crippen MR) is 109 cm³/mol. The van der Waals surface area contributed by atoms with Gasteiger partial charge in [0, 0.05) is 5.57 Å². The molecule has 4 nitrogen and oxygen atoms in total. The summed E-state index contributed by atoms with van der Waals surface area (Å²) < 4.78 is 6.15. The van der Waals surface area contributed by atoms with E-state index in [4.69, 9.17) is 9.57 Å². The second kappa shape index (κ2) is 7.58. The normalized spacial score (nSPS) is 20.9. The summed E-state index contributed by atoms with van der Waals surface area (Å²) in [6.07, 6.45) is 7.48. The highest BCUT2D eigenvalue weighted by molar-refractivity contribution is 5.90. The van der Waals surface area contributed by atoms with E-state index in [1.54, 1.807) is 13.8 Å². The van der Waals surface area contributed by atoms with Crippen LogP contribution >= 0.6 is 0 Å². The fourth-order valence-corrected chi connectivity index (χ4v) is 3.39. The summed E-state index contributed by atoms with van der Waals surface area (Å²) in [5.41, 5.74) is 2.63. The van der Waals surface area contributed by atoms with E-state index in [0.717, 1.165) is 16.7 Å². The van der Waals surface area contributed by atoms with E-state index in [2.05, 4.69) is 0 Å². The van der Waals surface area contributed by atoms with Gasteiger partial charge in [-0.1, -0.05) is 78.9 Å². The average molecular weight is 373 g/mol. The zero-order valence-corrected chi connectivity index (χ0v) is 16.0. The lowest BCUT2D eigenvalue weighted by Crippen LogP contribution is -2.55. The van der Waals surface area contributed by atoms with Crippen LogP contribution in [-0.2, 0) is 21.0 Å². The lowest BCUT2D eigenvalue weighted by molar-refractivity contribution is -0.222. The van der Waals surface area contributed by atoms with Crippen molar-refractivity contribution >= 4 is 11.5 Å². The van der Waals surface area contributed by atoms with Gasteiger partial charge in [0.2, 0.25) is 0 Å². The zero-order valence-electron chi connectivity index (χ0n) is 16.0. The Morgan fingerprint density at radius 3 is 2.39 bits per heavy atom. The lowest BCUT2D eigenvalue weighted by Gasteiger charge is -2.42. The minimum atomic E-state index is -0.985. The molecular weight excluding hydrogens is 350 g/mol. The highest BCUT2D eigenvalue weighted by Crippen LogP contribution is 2.37. The molecule has 2 aliphatic rings. The third-order valence-electron chi connectivity index (χ3n) is 4.83. The molecule has 4 heteroatoms. The Balaban J connectivity index is 1.78. The van der Waals surface area contributed by atoms with Gasteiger partial charge >= 0.3 is 0 Å². The Bertz CT molecular complexity index is 942. The van der Waals surface area contributed by atoms with Gasteiger partial charge in [0.15, 0.2) is 0 Å². The Labute approximate surface area is 165 Å². The third kappa shape index (κ3) is 3.57. The number of rotatable bonds is 4. The summed E-state index contributed by atoms with van der Waals surface area (Å²) >= 11 is 0. The molecule has 4 rings (SSSR count). The number of morpholine rings is 1. The van der Waals surface area contributed by atoms with Crippen LogP contribution in [0.2, 0.25) is 0 Å². The summed E-state index contributed by atoms with van der Waals surface area (Å²) in [5, 5.41) is 1.43. The van der Waals surface area contributed by atoms with Crippen molar-refractivity contribution in [1.29, 1.82) is 0 Å². The maximum atomic E-state index is 13.2. The summed E-state index contributed by atoms with van der Waals surface area (Å²) in [5.74, 6) is -0.216. The molecule has 1 aliphatic heterocycles. The Morgan fingerprint density at radius 2 is 1.68 bits per heavy atom. The molecule has 1 amide bonds. The second-order valence-electron chi connectivity index (χ2n) is 7.32. The topological polar surface area (TPSA) is 38.8 Å². The molecule has 1 atom stereocenters. The molecule has 1 heterocycles. The molecule has 142 valence electrons. The molecule has 2 aromatic rings. The van der Waals surface area contributed by atoms with Crippen LogP contribution in [0.3, 0.4) is 0 Å². The number of hydroxylamine groups is 2. The van der Waals surface area contributed by atoms with E-state index in [0.29, 0.717) is 12.3 Å². The molecule has 1 fully saturated rings. The largest absolute Gasteiger partial charge is 0.352 e. The molecule has 1 aliphatic carbocycles. The first-order valence-electron chi connectivity index (χ1n) is 9.40. The number of carbonyl (C=O) groups excluding carboxylic acids is 1. The number of hydrogen-bond acceptors (Lipinski definition) is 3. The van der Waals surface area contributed by atoms with Crippen LogP contribution in [0.5, 0.6) is 0 Å². The van der Waals surface area contributed by atoms with Gasteiger partial charge in [-0.05, 0) is 31.1 Å². The van der Waals surface area contributed by atoms with Gasteiger partial charge in [0.1, 0.15) is 18.3 Å². The van der Waals surface area contributed by atoms with Crippen molar-refractivity contribution in [1.82, 2.24) is 5.06 Å². The summed E-state index contributed by atoms with van der Waals surface area (Å²) in [6, 6.07) is 19.8. The number of ether oxygens (including phenoxy) is 1. The summed E-state index contributed by atoms with van der Waals surface area (Å²) in [6.45, 7) is 3.85. The average Bonchev–Trinajstić information content (AvgIpc) is 2.92. The van der Waals surface area contributed by atoms with Crippen LogP contribution < -0.4 is 0 Å². The van der Waals surface area contributed by atoms with Gasteiger partial charge in [-0.15, -0.1) is 0 Å². The number of hydrogen-bond donors (Lipinski definition) is 0. The van der Waals surface area contributed by atoms with Crippen molar-refractivity contribution in [2.24, 2.45) is 0 Å². The van der Waals surface area contributed by atoms with Gasteiger partial charge in [-0.3, -0.25) is 9.63 Å². The SMILES string of the molecule is CC1(C)OC2C=CC=CC(c3ccccc3)=C2N(OCc2ccccc2)C1=O. The number of amides is 1. The molecule has 0 aromatic heterocycles. The quantitative estimate of drug-likeness (QED) is 0.782. The van der Waals surface area contributed by atoms with E-state index in [1.807, 2.05) is 85.0 Å². The third-order valence-corrected chi connectivity index (χ3v) is 4.83. The summed E-state index contributed by atoms with van der Waals surface area (Å²) in [4.78, 5) is 19.3. The van der Waals surface area contributed by atoms with Crippen molar-refractivity contribution < 1.29 is 14.4 Å². The van der Waals surface area contributed by atoms with Crippen molar-refractivity contribution in [2.45, 2.75) is 32.2 Å². The van der Waals surface area contributed by atoms with Crippen LogP contribution in [-0.4, -0.2) is 22.7 Å². The zero-order chi connectivity index (χ0) is 19.6. The van der Waals surface area contributed by atoms with Crippen LogP contribution in [0.25, 0.3) is 5.57 Å². The van der Waals surface area contributed by atoms with Crippen molar-refractivity contribution in [2.75, 3.05) is 0 Å². The van der Waals surface area contributed by atoms with E-state index >= 15 is 0 Å². The van der Waals surface area contributed by atoms with E-state index in [-0.39, 0.29) is 12.0 Å². The monoisotopic (exact) mass is 373 g/mol. The Morgan fingerprint density at radius 1 is 1.00 bits per heavy atom. The minimum absolute atomic E-state index is 0.216. The van der Waals surface area contributed by atoms with Gasteiger partial charge in [-0.25, -0.2) is 0 Å². The molecule has 1 saturated heterocycles. The van der Waals surface area contributed by atoms with Crippen molar-refractivity contribution in [3.63, 3.8) is 0 Å². The first kappa shape index (κ1) is 18.4. The van der Waals surface area contributed by atoms with Crippen LogP contribution in [0.15, 0.2) is 90.7 Å². The van der Waals surface area contributed by atoms with Crippen LogP contribution in [0.1, 0.15) is 25.0 Å². The van der Waals surface area contributed by atoms with Crippen LogP contribution in [0.4, 0.5) is 0 Å². The molecular formula is C24H23NO3. The fourth-order valence-electron chi connectivity index (χ4n) is 3.39. The fraction of sp³-hybridized carbons (Fsp3) is 0.208. The standard InChI is InChI=1S/C24H23NO3/c1-24(2)23(26)25(27-17-18-11-5-3-6-12-18)22-20(19-13-7-4-8-14-19)15-9-10-16-21(22)28-24/h3-16,21H,17H2,1-2H3. The van der Waals surface area contributed by atoms with Gasteiger partial charge in [0.25, 0.3) is 5.91 Å². The first-order chi connectivity index (χ1) is 13.6. The first-order valence-corrected chi connectivity index (χ1v) is 9.40. The summed E-state index contributed by atoms with van der Waals surface area (Å²) in [7, 11) is 0. The van der Waals surface area contributed by atoms with E-state index in [9.17, 15) is 4.79 Å². The molecule has 0 saturated carbocycles. The number of allylic oxidation sites excluding steroid dienone is 4. The second-order valence-corrected chi connectivity index (χ2v) is 7.32. The van der Waals surface area contributed by atoms with Gasteiger partial charge in [0.05, 0.1) is 5.70 Å². The maximum absolute atomic E-state index is 13.2. The lowest BCUT2D eigenvalue weighted by atomic mass is 9.97. The number of fused-ring (bicyclic) bond motifs is 1. The molecule has 1 unspecified atom stereocenters. The van der Waals surface area contributed by atoms with Crippen LogP contribution in [0, 0.1) is 0 Å². The highest BCUT2D eigenvalue weighted by atomic mass is 16.7. The molecule has 0 bridgehead atoms. The molecule has 0 spiro atoms. The van der Waals surface area contributed by atoms with Crippen molar-refractivity contribution in [3.05, 3.63) is 102 Å². The number of carbonyl (C=O) groups is 1. The van der Waals surface area contributed by atoms with Gasteiger partial charge in [-0.2, -0.15) is 5.06 Å². The number of benzene rings is 2. The smallest absolute Gasteiger partial charge is 0.282 e. The molecule has 0 N–H and O–H groups in total. The highest BCUT2D eigenvalue weighted by Gasteiger charge is 2.46. The minimum Gasteiger partial charge on any atom is -0.352 e. The molecule has 28 heavy (non-hydrogen) atoms. The van der Waals surface area contributed by atoms with Crippen molar-refractivity contribution in [3.8, 4) is 0 Å². The molecule has 2 aromatic carbocycles. The van der Waals surface area contributed by atoms with E-state index < -0.39 is 5.60 Å².